The van der Waals surface area contributed by atoms with Crippen LogP contribution in [0.15, 0.2) is 47.1 Å². The third kappa shape index (κ3) is 6.48. The van der Waals surface area contributed by atoms with Gasteiger partial charge in [-0.3, -0.25) is 9.59 Å². The number of benzene rings is 1. The summed E-state index contributed by atoms with van der Waals surface area (Å²) in [4.78, 5) is 24.5. The number of carbonyl (C=O) groups excluding carboxylic acids is 2. The molecule has 140 valence electrons. The zero-order valence-corrected chi connectivity index (χ0v) is 15.8. The zero-order valence-electron chi connectivity index (χ0n) is 15.0. The predicted octanol–water partition coefficient (Wildman–Crippen LogP) is 2.63. The molecule has 0 spiro atoms. The van der Waals surface area contributed by atoms with Crippen molar-refractivity contribution in [3.8, 4) is 5.75 Å². The summed E-state index contributed by atoms with van der Waals surface area (Å²) in [6.45, 7) is 2.73. The summed E-state index contributed by atoms with van der Waals surface area (Å²) >= 11 is 1.62. The number of rotatable bonds is 10. The molecule has 0 saturated carbocycles. The summed E-state index contributed by atoms with van der Waals surface area (Å²) < 4.78 is 10.7. The molecule has 1 aromatic heterocycles. The Morgan fingerprint density at radius 2 is 2.00 bits per heavy atom. The van der Waals surface area contributed by atoms with E-state index in [9.17, 15) is 9.59 Å². The molecule has 0 bridgehead atoms. The minimum Gasteiger partial charge on any atom is -0.492 e. The second-order valence-corrected chi connectivity index (χ2v) is 6.72. The quantitative estimate of drug-likeness (QED) is 0.623. The number of ether oxygens (including phenoxy) is 1. The lowest BCUT2D eigenvalue weighted by molar-refractivity contribution is -0.123. The predicted molar refractivity (Wildman–Crippen MR) is 103 cm³/mol. The van der Waals surface area contributed by atoms with Crippen molar-refractivity contribution in [2.45, 2.75) is 19.4 Å². The number of aryl methyl sites for hydroxylation is 1. The van der Waals surface area contributed by atoms with E-state index in [0.29, 0.717) is 19.6 Å². The number of thioether (sulfide) groups is 1. The van der Waals surface area contributed by atoms with Gasteiger partial charge in [-0.05, 0) is 49.6 Å². The maximum atomic E-state index is 12.4. The highest BCUT2D eigenvalue weighted by Gasteiger charge is 2.21. The van der Waals surface area contributed by atoms with Gasteiger partial charge in [-0.2, -0.15) is 11.8 Å². The average molecular weight is 376 g/mol. The first-order valence-electron chi connectivity index (χ1n) is 8.40. The highest BCUT2D eigenvalue weighted by molar-refractivity contribution is 7.98. The van der Waals surface area contributed by atoms with Gasteiger partial charge in [-0.1, -0.05) is 17.7 Å². The number of hydrogen-bond donors (Lipinski definition) is 2. The Bertz CT molecular complexity index is 686. The summed E-state index contributed by atoms with van der Waals surface area (Å²) in [5.74, 6) is 1.08. The van der Waals surface area contributed by atoms with E-state index in [1.807, 2.05) is 37.4 Å². The summed E-state index contributed by atoms with van der Waals surface area (Å²) in [5, 5.41) is 5.53. The molecule has 0 fully saturated rings. The summed E-state index contributed by atoms with van der Waals surface area (Å²) in [5.41, 5.74) is 1.16. The van der Waals surface area contributed by atoms with Gasteiger partial charge in [0, 0.05) is 0 Å². The Kier molecular flexibility index (Phi) is 8.08. The van der Waals surface area contributed by atoms with E-state index in [1.165, 1.54) is 6.26 Å². The van der Waals surface area contributed by atoms with E-state index < -0.39 is 11.9 Å². The van der Waals surface area contributed by atoms with Crippen LogP contribution < -0.4 is 15.4 Å². The van der Waals surface area contributed by atoms with Gasteiger partial charge in [0.25, 0.3) is 5.91 Å². The molecule has 2 amide bonds. The maximum absolute atomic E-state index is 12.4. The fraction of sp³-hybridized carbons (Fsp3) is 0.368. The lowest BCUT2D eigenvalue weighted by atomic mass is 10.2. The minimum absolute atomic E-state index is 0.189. The Morgan fingerprint density at radius 1 is 1.23 bits per heavy atom. The fourth-order valence-electron chi connectivity index (χ4n) is 2.24. The van der Waals surface area contributed by atoms with Crippen LogP contribution in [0.3, 0.4) is 0 Å². The normalized spacial score (nSPS) is 11.6. The van der Waals surface area contributed by atoms with Crippen LogP contribution in [-0.2, 0) is 4.79 Å². The Morgan fingerprint density at radius 3 is 2.65 bits per heavy atom. The van der Waals surface area contributed by atoms with Gasteiger partial charge >= 0.3 is 0 Å². The highest BCUT2D eigenvalue weighted by Crippen LogP contribution is 2.11. The highest BCUT2D eigenvalue weighted by atomic mass is 32.2. The molecule has 1 atom stereocenters. The fourth-order valence-corrected chi connectivity index (χ4v) is 2.71. The second kappa shape index (κ2) is 10.6. The van der Waals surface area contributed by atoms with Gasteiger partial charge in [-0.15, -0.1) is 0 Å². The number of amides is 2. The third-order valence-corrected chi connectivity index (χ3v) is 4.31. The van der Waals surface area contributed by atoms with Crippen molar-refractivity contribution in [2.24, 2.45) is 0 Å². The number of furan rings is 1. The monoisotopic (exact) mass is 376 g/mol. The molecule has 2 aromatic rings. The molecular formula is C19H24N2O4S. The number of carbonyl (C=O) groups is 2. The standard InChI is InChI=1S/C19H24N2O4S/c1-14-5-7-15(8-6-14)24-12-10-20-18(22)16(9-13-26-2)21-19(23)17-4-3-11-25-17/h3-8,11,16H,9-10,12-13H2,1-2H3,(H,20,22)(H,21,23). The Hall–Kier alpha value is -2.41. The van der Waals surface area contributed by atoms with Gasteiger partial charge in [-0.25, -0.2) is 0 Å². The van der Waals surface area contributed by atoms with E-state index in [1.54, 1.807) is 23.9 Å². The van der Waals surface area contributed by atoms with Gasteiger partial charge < -0.3 is 19.8 Å². The SMILES string of the molecule is CSCCC(NC(=O)c1ccco1)C(=O)NCCOc1ccc(C)cc1. The first-order chi connectivity index (χ1) is 12.6. The molecule has 1 heterocycles. The van der Waals surface area contributed by atoms with Crippen LogP contribution in [0, 0.1) is 6.92 Å². The molecule has 26 heavy (non-hydrogen) atoms. The summed E-state index contributed by atoms with van der Waals surface area (Å²) in [6, 6.07) is 10.3. The molecule has 1 unspecified atom stereocenters. The summed E-state index contributed by atoms with van der Waals surface area (Å²) in [6.07, 6.45) is 3.92. The molecule has 7 heteroatoms. The smallest absolute Gasteiger partial charge is 0.287 e. The van der Waals surface area contributed by atoms with Crippen LogP contribution >= 0.6 is 11.8 Å². The molecule has 2 rings (SSSR count). The van der Waals surface area contributed by atoms with E-state index in [-0.39, 0.29) is 11.7 Å². The van der Waals surface area contributed by atoms with Crippen molar-refractivity contribution in [3.63, 3.8) is 0 Å². The van der Waals surface area contributed by atoms with E-state index >= 15 is 0 Å². The zero-order chi connectivity index (χ0) is 18.8. The topological polar surface area (TPSA) is 80.6 Å². The van der Waals surface area contributed by atoms with Crippen molar-refractivity contribution in [2.75, 3.05) is 25.2 Å². The van der Waals surface area contributed by atoms with Crippen molar-refractivity contribution in [3.05, 3.63) is 54.0 Å². The first kappa shape index (κ1) is 19.9. The molecule has 0 saturated heterocycles. The first-order valence-corrected chi connectivity index (χ1v) is 9.80. The molecular weight excluding hydrogens is 352 g/mol. The molecule has 0 aliphatic heterocycles. The van der Waals surface area contributed by atoms with Crippen LogP contribution in [0.25, 0.3) is 0 Å². The largest absolute Gasteiger partial charge is 0.492 e. The van der Waals surface area contributed by atoms with Gasteiger partial charge in [0.1, 0.15) is 18.4 Å². The lowest BCUT2D eigenvalue weighted by Gasteiger charge is -2.17. The van der Waals surface area contributed by atoms with Gasteiger partial charge in [0.2, 0.25) is 5.91 Å². The Balaban J connectivity index is 1.79. The van der Waals surface area contributed by atoms with Crippen molar-refractivity contribution >= 4 is 23.6 Å². The third-order valence-electron chi connectivity index (χ3n) is 3.67. The van der Waals surface area contributed by atoms with Gasteiger partial charge in [0.15, 0.2) is 5.76 Å². The van der Waals surface area contributed by atoms with Crippen LogP contribution in [0.1, 0.15) is 22.5 Å². The number of hydrogen-bond acceptors (Lipinski definition) is 5. The van der Waals surface area contributed by atoms with Crippen molar-refractivity contribution < 1.29 is 18.7 Å². The molecule has 2 N–H and O–H groups in total. The van der Waals surface area contributed by atoms with Crippen LogP contribution in [0.4, 0.5) is 0 Å². The van der Waals surface area contributed by atoms with Crippen LogP contribution in [0.5, 0.6) is 5.75 Å². The minimum atomic E-state index is -0.612. The van der Waals surface area contributed by atoms with Crippen molar-refractivity contribution in [1.29, 1.82) is 0 Å². The average Bonchev–Trinajstić information content (AvgIpc) is 3.18. The van der Waals surface area contributed by atoms with E-state index in [0.717, 1.165) is 17.1 Å². The Labute approximate surface area is 157 Å². The molecule has 0 aliphatic carbocycles. The molecule has 6 nitrogen and oxygen atoms in total. The van der Waals surface area contributed by atoms with E-state index in [4.69, 9.17) is 9.15 Å². The molecule has 0 radical (unpaired) electrons. The van der Waals surface area contributed by atoms with Crippen molar-refractivity contribution in [1.82, 2.24) is 10.6 Å². The summed E-state index contributed by atoms with van der Waals surface area (Å²) in [7, 11) is 0. The maximum Gasteiger partial charge on any atom is 0.287 e. The van der Waals surface area contributed by atoms with Crippen LogP contribution in [-0.4, -0.2) is 43.0 Å². The van der Waals surface area contributed by atoms with Gasteiger partial charge in [0.05, 0.1) is 12.8 Å². The van der Waals surface area contributed by atoms with E-state index in [2.05, 4.69) is 10.6 Å². The second-order valence-electron chi connectivity index (χ2n) is 5.74. The van der Waals surface area contributed by atoms with Crippen LogP contribution in [0.2, 0.25) is 0 Å². The lowest BCUT2D eigenvalue weighted by Crippen LogP contribution is -2.47. The molecule has 1 aromatic carbocycles. The number of nitrogens with one attached hydrogen (secondary N) is 2. The molecule has 0 aliphatic rings.